The van der Waals surface area contributed by atoms with Gasteiger partial charge in [0.15, 0.2) is 0 Å². The van der Waals surface area contributed by atoms with Crippen LogP contribution < -0.4 is 11.3 Å². The number of nitrogens with two attached hydrogens (primary N) is 1. The van der Waals surface area contributed by atoms with E-state index in [2.05, 4.69) is 5.43 Å². The average molecular weight is 274 g/mol. The average Bonchev–Trinajstić information content (AvgIpc) is 2.83. The molecule has 0 aromatic carbocycles. The van der Waals surface area contributed by atoms with E-state index in [1.54, 1.807) is 6.92 Å². The van der Waals surface area contributed by atoms with Gasteiger partial charge in [-0.15, -0.1) is 0 Å². The molecule has 1 heterocycles. The third-order valence-electron chi connectivity index (χ3n) is 2.96. The highest BCUT2D eigenvalue weighted by molar-refractivity contribution is 7.91. The summed E-state index contributed by atoms with van der Waals surface area (Å²) < 4.78 is 28.4. The van der Waals surface area contributed by atoms with Gasteiger partial charge in [-0.3, -0.25) is 5.84 Å². The van der Waals surface area contributed by atoms with Crippen molar-refractivity contribution in [2.75, 3.05) is 11.5 Å². The van der Waals surface area contributed by atoms with Gasteiger partial charge >= 0.3 is 0 Å². The summed E-state index contributed by atoms with van der Waals surface area (Å²) in [7, 11) is -2.90. The van der Waals surface area contributed by atoms with E-state index in [1.165, 1.54) is 0 Å². The van der Waals surface area contributed by atoms with Crippen LogP contribution in [-0.2, 0) is 16.3 Å². The van der Waals surface area contributed by atoms with Crippen LogP contribution in [-0.4, -0.2) is 19.9 Å². The SMILES string of the molecule is CCc1ccc(C(CCCS(=O)(=O)CC)NN)o1. The van der Waals surface area contributed by atoms with Crippen molar-refractivity contribution in [2.24, 2.45) is 5.84 Å². The fourth-order valence-electron chi connectivity index (χ4n) is 1.73. The molecule has 3 N–H and O–H groups in total. The summed E-state index contributed by atoms with van der Waals surface area (Å²) in [5.74, 6) is 7.54. The quantitative estimate of drug-likeness (QED) is 0.555. The van der Waals surface area contributed by atoms with E-state index in [0.29, 0.717) is 12.8 Å². The van der Waals surface area contributed by atoms with Crippen LogP contribution in [0.4, 0.5) is 0 Å². The van der Waals surface area contributed by atoms with Crippen molar-refractivity contribution in [1.82, 2.24) is 5.43 Å². The van der Waals surface area contributed by atoms with Gasteiger partial charge in [0.1, 0.15) is 21.4 Å². The Balaban J connectivity index is 2.52. The lowest BCUT2D eigenvalue weighted by Crippen LogP contribution is -2.28. The first-order chi connectivity index (χ1) is 8.52. The lowest BCUT2D eigenvalue weighted by Gasteiger charge is -2.13. The smallest absolute Gasteiger partial charge is 0.150 e. The van der Waals surface area contributed by atoms with E-state index < -0.39 is 9.84 Å². The van der Waals surface area contributed by atoms with E-state index in [0.717, 1.165) is 17.9 Å². The summed E-state index contributed by atoms with van der Waals surface area (Å²) in [6.45, 7) is 3.68. The first-order valence-corrected chi connectivity index (χ1v) is 8.09. The zero-order chi connectivity index (χ0) is 13.6. The fraction of sp³-hybridized carbons (Fsp3) is 0.667. The van der Waals surface area contributed by atoms with Crippen LogP contribution in [0.2, 0.25) is 0 Å². The first-order valence-electron chi connectivity index (χ1n) is 6.27. The van der Waals surface area contributed by atoms with Gasteiger partial charge in [-0.1, -0.05) is 13.8 Å². The molecular formula is C12H22N2O3S. The standard InChI is InChI=1S/C12H22N2O3S/c1-3-10-7-8-12(17-10)11(14-13)6-5-9-18(15,16)4-2/h7-8,11,14H,3-6,9,13H2,1-2H3. The monoisotopic (exact) mass is 274 g/mol. The van der Waals surface area contributed by atoms with Crippen LogP contribution in [0.25, 0.3) is 0 Å². The molecule has 18 heavy (non-hydrogen) atoms. The van der Waals surface area contributed by atoms with Crippen molar-refractivity contribution in [2.45, 2.75) is 39.2 Å². The highest BCUT2D eigenvalue weighted by Crippen LogP contribution is 2.21. The normalized spacial score (nSPS) is 13.7. The van der Waals surface area contributed by atoms with E-state index in [1.807, 2.05) is 19.1 Å². The van der Waals surface area contributed by atoms with Gasteiger partial charge in [-0.25, -0.2) is 13.8 Å². The van der Waals surface area contributed by atoms with E-state index in [-0.39, 0.29) is 17.5 Å². The highest BCUT2D eigenvalue weighted by atomic mass is 32.2. The second-order valence-electron chi connectivity index (χ2n) is 4.26. The molecule has 0 amide bonds. The number of furan rings is 1. The van der Waals surface area contributed by atoms with Crippen molar-refractivity contribution in [3.63, 3.8) is 0 Å². The Bertz CT molecular complexity index is 454. The number of hydrogen-bond donors (Lipinski definition) is 2. The molecule has 0 saturated carbocycles. The molecule has 0 saturated heterocycles. The van der Waals surface area contributed by atoms with Gasteiger partial charge in [-0.2, -0.15) is 0 Å². The molecule has 0 aliphatic carbocycles. The van der Waals surface area contributed by atoms with Crippen molar-refractivity contribution >= 4 is 9.84 Å². The summed E-state index contributed by atoms with van der Waals surface area (Å²) >= 11 is 0. The van der Waals surface area contributed by atoms with Crippen LogP contribution in [0.1, 0.15) is 44.3 Å². The molecule has 5 nitrogen and oxygen atoms in total. The van der Waals surface area contributed by atoms with Crippen molar-refractivity contribution in [3.05, 3.63) is 23.7 Å². The Kier molecular flexibility index (Phi) is 5.84. The number of hydrazine groups is 1. The van der Waals surface area contributed by atoms with E-state index >= 15 is 0 Å². The summed E-state index contributed by atoms with van der Waals surface area (Å²) in [5.41, 5.74) is 2.67. The molecule has 104 valence electrons. The van der Waals surface area contributed by atoms with Crippen molar-refractivity contribution in [3.8, 4) is 0 Å². The Labute approximate surface area is 109 Å². The molecule has 1 aromatic rings. The molecule has 0 spiro atoms. The number of hydrogen-bond acceptors (Lipinski definition) is 5. The molecule has 0 aliphatic rings. The van der Waals surface area contributed by atoms with Gasteiger partial charge in [0.25, 0.3) is 0 Å². The first kappa shape index (κ1) is 15.2. The Hall–Kier alpha value is -0.850. The van der Waals surface area contributed by atoms with Crippen LogP contribution in [0, 0.1) is 0 Å². The molecule has 6 heteroatoms. The maximum Gasteiger partial charge on any atom is 0.150 e. The Morgan fingerprint density at radius 2 is 2.11 bits per heavy atom. The molecule has 1 aromatic heterocycles. The minimum absolute atomic E-state index is 0.127. The second kappa shape index (κ2) is 6.92. The lowest BCUT2D eigenvalue weighted by molar-refractivity contribution is 0.382. The number of nitrogens with one attached hydrogen (secondary N) is 1. The molecule has 1 rings (SSSR count). The van der Waals surface area contributed by atoms with Crippen molar-refractivity contribution < 1.29 is 12.8 Å². The predicted molar refractivity (Wildman–Crippen MR) is 71.7 cm³/mol. The van der Waals surface area contributed by atoms with Gasteiger partial charge in [0.05, 0.1) is 11.8 Å². The highest BCUT2D eigenvalue weighted by Gasteiger charge is 2.15. The topological polar surface area (TPSA) is 85.3 Å². The molecule has 1 atom stereocenters. The van der Waals surface area contributed by atoms with Crippen LogP contribution >= 0.6 is 0 Å². The van der Waals surface area contributed by atoms with Gasteiger partial charge < -0.3 is 4.42 Å². The third kappa shape index (κ3) is 4.44. The zero-order valence-electron chi connectivity index (χ0n) is 11.0. The van der Waals surface area contributed by atoms with Gasteiger partial charge in [-0.05, 0) is 25.0 Å². The van der Waals surface area contributed by atoms with Crippen LogP contribution in [0.15, 0.2) is 16.5 Å². The lowest BCUT2D eigenvalue weighted by atomic mass is 10.1. The second-order valence-corrected chi connectivity index (χ2v) is 6.73. The summed E-state index contributed by atoms with van der Waals surface area (Å²) in [6.07, 6.45) is 2.06. The fourth-order valence-corrected chi connectivity index (χ4v) is 2.63. The van der Waals surface area contributed by atoms with Crippen molar-refractivity contribution in [1.29, 1.82) is 0 Å². The maximum absolute atomic E-state index is 11.4. The van der Waals surface area contributed by atoms with E-state index in [9.17, 15) is 8.42 Å². The number of rotatable bonds is 8. The molecule has 0 aliphatic heterocycles. The summed E-state index contributed by atoms with van der Waals surface area (Å²) in [6, 6.07) is 3.68. The number of aryl methyl sites for hydroxylation is 1. The molecule has 1 unspecified atom stereocenters. The van der Waals surface area contributed by atoms with E-state index in [4.69, 9.17) is 10.3 Å². The number of sulfone groups is 1. The molecule has 0 bridgehead atoms. The van der Waals surface area contributed by atoms with Gasteiger partial charge in [0, 0.05) is 12.2 Å². The zero-order valence-corrected chi connectivity index (χ0v) is 11.8. The molecule has 0 radical (unpaired) electrons. The summed E-state index contributed by atoms with van der Waals surface area (Å²) in [4.78, 5) is 0. The minimum Gasteiger partial charge on any atom is -0.464 e. The third-order valence-corrected chi connectivity index (χ3v) is 4.75. The molecular weight excluding hydrogens is 252 g/mol. The van der Waals surface area contributed by atoms with Crippen LogP contribution in [0.5, 0.6) is 0 Å². The van der Waals surface area contributed by atoms with Gasteiger partial charge in [0.2, 0.25) is 0 Å². The molecule has 0 fully saturated rings. The Morgan fingerprint density at radius 3 is 2.61 bits per heavy atom. The maximum atomic E-state index is 11.4. The largest absolute Gasteiger partial charge is 0.464 e. The predicted octanol–water partition coefficient (Wildman–Crippen LogP) is 1.56. The Morgan fingerprint density at radius 1 is 1.39 bits per heavy atom. The van der Waals surface area contributed by atoms with Crippen LogP contribution in [0.3, 0.4) is 0 Å². The summed E-state index contributed by atoms with van der Waals surface area (Å²) in [5, 5.41) is 0. The minimum atomic E-state index is -2.90.